The summed E-state index contributed by atoms with van der Waals surface area (Å²) in [6, 6.07) is 8.40. The molecule has 1 aromatic carbocycles. The van der Waals surface area contributed by atoms with E-state index in [-0.39, 0.29) is 11.9 Å². The lowest BCUT2D eigenvalue weighted by atomic mass is 9.92. The van der Waals surface area contributed by atoms with Gasteiger partial charge in [-0.05, 0) is 51.3 Å². The molecule has 1 aliphatic rings. The number of amides is 1. The van der Waals surface area contributed by atoms with Crippen LogP contribution in [-0.2, 0) is 11.2 Å². The predicted molar refractivity (Wildman–Crippen MR) is 78.1 cm³/mol. The lowest BCUT2D eigenvalue weighted by Gasteiger charge is -2.29. The monoisotopic (exact) mass is 260 g/mol. The minimum absolute atomic E-state index is 0.128. The third-order valence-electron chi connectivity index (χ3n) is 3.88. The third kappa shape index (κ3) is 4.35. The van der Waals surface area contributed by atoms with Crippen LogP contribution in [-0.4, -0.2) is 25.0 Å². The molecule has 0 spiro atoms. The Balaban J connectivity index is 1.83. The first-order chi connectivity index (χ1) is 9.15. The molecule has 0 saturated carbocycles. The fourth-order valence-corrected chi connectivity index (χ4v) is 2.74. The average molecular weight is 260 g/mol. The van der Waals surface area contributed by atoms with Gasteiger partial charge in [-0.25, -0.2) is 0 Å². The van der Waals surface area contributed by atoms with Crippen LogP contribution < -0.4 is 10.6 Å². The van der Waals surface area contributed by atoms with Gasteiger partial charge >= 0.3 is 0 Å². The van der Waals surface area contributed by atoms with Gasteiger partial charge in [0, 0.05) is 6.04 Å². The molecule has 2 unspecified atom stereocenters. The van der Waals surface area contributed by atoms with Gasteiger partial charge in [-0.2, -0.15) is 0 Å². The number of nitrogens with one attached hydrogen (secondary N) is 2. The van der Waals surface area contributed by atoms with Crippen LogP contribution in [0.3, 0.4) is 0 Å². The fourth-order valence-electron chi connectivity index (χ4n) is 2.74. The van der Waals surface area contributed by atoms with Crippen LogP contribution in [0.4, 0.5) is 0 Å². The maximum Gasteiger partial charge on any atom is 0.224 e. The number of carbonyl (C=O) groups is 1. The summed E-state index contributed by atoms with van der Waals surface area (Å²) < 4.78 is 0. The largest absolute Gasteiger partial charge is 0.353 e. The summed E-state index contributed by atoms with van der Waals surface area (Å²) in [6.45, 7) is 6.30. The van der Waals surface area contributed by atoms with E-state index in [1.807, 2.05) is 12.1 Å². The summed E-state index contributed by atoms with van der Waals surface area (Å²) in [5.74, 6) is 0.693. The second-order valence-corrected chi connectivity index (χ2v) is 5.63. The first-order valence-electron chi connectivity index (χ1n) is 7.21. The van der Waals surface area contributed by atoms with Gasteiger partial charge in [0.25, 0.3) is 0 Å². The van der Waals surface area contributed by atoms with Gasteiger partial charge in [-0.3, -0.25) is 4.79 Å². The van der Waals surface area contributed by atoms with E-state index in [1.54, 1.807) is 0 Å². The maximum atomic E-state index is 12.0. The molecule has 0 radical (unpaired) electrons. The van der Waals surface area contributed by atoms with E-state index in [4.69, 9.17) is 0 Å². The van der Waals surface area contributed by atoms with Crippen LogP contribution in [0.5, 0.6) is 0 Å². The summed E-state index contributed by atoms with van der Waals surface area (Å²) in [6.07, 6.45) is 2.90. The molecule has 1 heterocycles. The standard InChI is InChI=1S/C16H24N2O/c1-12-5-3-6-14(9-12)10-16(19)18-13(2)15-7-4-8-17-11-15/h3,5-6,9,13,15,17H,4,7-8,10-11H2,1-2H3,(H,18,19). The van der Waals surface area contributed by atoms with Gasteiger partial charge in [0.2, 0.25) is 5.91 Å². The molecule has 3 heteroatoms. The van der Waals surface area contributed by atoms with Crippen molar-refractivity contribution in [3.63, 3.8) is 0 Å². The van der Waals surface area contributed by atoms with Crippen LogP contribution in [0.2, 0.25) is 0 Å². The zero-order valence-electron chi connectivity index (χ0n) is 11.9. The molecule has 0 aliphatic carbocycles. The molecule has 1 fully saturated rings. The van der Waals surface area contributed by atoms with Gasteiger partial charge in [0.1, 0.15) is 0 Å². The highest BCUT2D eigenvalue weighted by atomic mass is 16.1. The topological polar surface area (TPSA) is 41.1 Å². The van der Waals surface area contributed by atoms with Crippen molar-refractivity contribution < 1.29 is 4.79 Å². The minimum Gasteiger partial charge on any atom is -0.353 e. The third-order valence-corrected chi connectivity index (χ3v) is 3.88. The van der Waals surface area contributed by atoms with Gasteiger partial charge in [0.05, 0.1) is 6.42 Å². The summed E-state index contributed by atoms with van der Waals surface area (Å²) in [5.41, 5.74) is 2.29. The van der Waals surface area contributed by atoms with E-state index in [1.165, 1.54) is 18.4 Å². The van der Waals surface area contributed by atoms with Crippen molar-refractivity contribution >= 4 is 5.91 Å². The van der Waals surface area contributed by atoms with E-state index in [0.717, 1.165) is 18.7 Å². The molecule has 104 valence electrons. The quantitative estimate of drug-likeness (QED) is 0.870. The molecule has 2 rings (SSSR count). The van der Waals surface area contributed by atoms with E-state index < -0.39 is 0 Å². The number of rotatable bonds is 4. The highest BCUT2D eigenvalue weighted by Crippen LogP contribution is 2.14. The highest BCUT2D eigenvalue weighted by molar-refractivity contribution is 5.78. The molecule has 2 N–H and O–H groups in total. The first kappa shape index (κ1) is 14.1. The van der Waals surface area contributed by atoms with Crippen LogP contribution >= 0.6 is 0 Å². The summed E-state index contributed by atoms with van der Waals surface area (Å²) in [4.78, 5) is 12.0. The molecule has 1 aromatic rings. The lowest BCUT2D eigenvalue weighted by molar-refractivity contribution is -0.121. The molecule has 1 saturated heterocycles. The Morgan fingerprint density at radius 3 is 3.05 bits per heavy atom. The Labute approximate surface area is 115 Å². The zero-order valence-corrected chi connectivity index (χ0v) is 11.9. The predicted octanol–water partition coefficient (Wildman–Crippen LogP) is 2.04. The molecule has 0 aromatic heterocycles. The van der Waals surface area contributed by atoms with E-state index in [0.29, 0.717) is 12.3 Å². The molecule has 3 nitrogen and oxygen atoms in total. The smallest absolute Gasteiger partial charge is 0.224 e. The van der Waals surface area contributed by atoms with E-state index in [2.05, 4.69) is 36.6 Å². The maximum absolute atomic E-state index is 12.0. The molecular formula is C16H24N2O. The molecule has 0 bridgehead atoms. The Morgan fingerprint density at radius 1 is 1.53 bits per heavy atom. The molecule has 1 amide bonds. The van der Waals surface area contributed by atoms with E-state index >= 15 is 0 Å². The van der Waals surface area contributed by atoms with Crippen molar-refractivity contribution in [3.8, 4) is 0 Å². The van der Waals surface area contributed by atoms with Gasteiger partial charge in [-0.1, -0.05) is 29.8 Å². The fraction of sp³-hybridized carbons (Fsp3) is 0.562. The first-order valence-corrected chi connectivity index (χ1v) is 7.21. The molecule has 19 heavy (non-hydrogen) atoms. The Kier molecular flexibility index (Phi) is 4.97. The van der Waals surface area contributed by atoms with Gasteiger partial charge in [-0.15, -0.1) is 0 Å². The van der Waals surface area contributed by atoms with Crippen molar-refractivity contribution in [2.24, 2.45) is 5.92 Å². The van der Waals surface area contributed by atoms with E-state index in [9.17, 15) is 4.79 Å². The van der Waals surface area contributed by atoms with Crippen molar-refractivity contribution in [2.45, 2.75) is 39.2 Å². The van der Waals surface area contributed by atoms with Crippen molar-refractivity contribution in [1.82, 2.24) is 10.6 Å². The summed E-state index contributed by atoms with van der Waals surface area (Å²) in [7, 11) is 0. The van der Waals surface area contributed by atoms with Gasteiger partial charge in [0.15, 0.2) is 0 Å². The van der Waals surface area contributed by atoms with Crippen molar-refractivity contribution in [3.05, 3.63) is 35.4 Å². The number of carbonyl (C=O) groups excluding carboxylic acids is 1. The SMILES string of the molecule is Cc1cccc(CC(=O)NC(C)C2CCCNC2)c1. The van der Waals surface area contributed by atoms with Gasteiger partial charge < -0.3 is 10.6 Å². The highest BCUT2D eigenvalue weighted by Gasteiger charge is 2.21. The van der Waals surface area contributed by atoms with Crippen LogP contribution in [0, 0.1) is 12.8 Å². The molecular weight excluding hydrogens is 236 g/mol. The average Bonchev–Trinajstić information content (AvgIpc) is 2.39. The Hall–Kier alpha value is -1.35. The second kappa shape index (κ2) is 6.71. The normalized spacial score (nSPS) is 20.8. The minimum atomic E-state index is 0.128. The number of aryl methyl sites for hydroxylation is 1. The van der Waals surface area contributed by atoms with Crippen molar-refractivity contribution in [1.29, 1.82) is 0 Å². The molecule has 1 aliphatic heterocycles. The number of benzene rings is 1. The Morgan fingerprint density at radius 2 is 2.37 bits per heavy atom. The summed E-state index contributed by atoms with van der Waals surface area (Å²) >= 11 is 0. The Bertz CT molecular complexity index is 425. The lowest BCUT2D eigenvalue weighted by Crippen LogP contribution is -2.45. The number of hydrogen-bond donors (Lipinski definition) is 2. The van der Waals surface area contributed by atoms with Crippen molar-refractivity contribution in [2.75, 3.05) is 13.1 Å². The van der Waals surface area contributed by atoms with Crippen LogP contribution in [0.25, 0.3) is 0 Å². The number of hydrogen-bond acceptors (Lipinski definition) is 2. The summed E-state index contributed by atoms with van der Waals surface area (Å²) in [5, 5.41) is 6.53. The van der Waals surface area contributed by atoms with Crippen LogP contribution in [0.15, 0.2) is 24.3 Å². The second-order valence-electron chi connectivity index (χ2n) is 5.63. The zero-order chi connectivity index (χ0) is 13.7. The molecule has 2 atom stereocenters. The number of piperidine rings is 1. The van der Waals surface area contributed by atoms with Crippen LogP contribution in [0.1, 0.15) is 30.9 Å².